The fraction of sp³-hybridized carbons (Fsp3) is 0.211. The summed E-state index contributed by atoms with van der Waals surface area (Å²) in [5.41, 5.74) is 8.01. The molecule has 0 atom stereocenters. The fourth-order valence-corrected chi connectivity index (χ4v) is 3.39. The molecule has 0 aliphatic carbocycles. The van der Waals surface area contributed by atoms with Crippen LogP contribution in [0.25, 0.3) is 0 Å². The number of nitrogen functional groups attached to an aromatic ring is 1. The molecular weight excluding hydrogens is 357 g/mol. The van der Waals surface area contributed by atoms with Crippen molar-refractivity contribution in [1.82, 2.24) is 4.90 Å². The molecule has 6 heteroatoms. The molecule has 0 spiro atoms. The van der Waals surface area contributed by atoms with Crippen molar-refractivity contribution in [2.45, 2.75) is 0 Å². The Balaban J connectivity index is 1.59. The van der Waals surface area contributed by atoms with Gasteiger partial charge in [0.05, 0.1) is 15.6 Å². The van der Waals surface area contributed by atoms with Gasteiger partial charge in [-0.05, 0) is 36.4 Å². The maximum Gasteiger partial charge on any atom is 0.190 e. The molecule has 1 aliphatic rings. The van der Waals surface area contributed by atoms with Crippen LogP contribution < -0.4 is 10.6 Å². The van der Waals surface area contributed by atoms with E-state index in [2.05, 4.69) is 9.80 Å². The van der Waals surface area contributed by atoms with Crippen LogP contribution >= 0.6 is 23.2 Å². The van der Waals surface area contributed by atoms with E-state index in [1.165, 1.54) is 6.08 Å². The Bertz CT molecular complexity index is 762. The summed E-state index contributed by atoms with van der Waals surface area (Å²) >= 11 is 12.2. The van der Waals surface area contributed by atoms with Crippen molar-refractivity contribution in [2.24, 2.45) is 0 Å². The number of rotatable bonds is 4. The van der Waals surface area contributed by atoms with Gasteiger partial charge in [-0.25, -0.2) is 0 Å². The third-order valence-electron chi connectivity index (χ3n) is 4.22. The first-order valence-electron chi connectivity index (χ1n) is 8.05. The summed E-state index contributed by atoms with van der Waals surface area (Å²) in [4.78, 5) is 16.8. The second-order valence-corrected chi connectivity index (χ2v) is 6.71. The summed E-state index contributed by atoms with van der Waals surface area (Å²) in [7, 11) is 0. The lowest BCUT2D eigenvalue weighted by Crippen LogP contribution is -2.44. The van der Waals surface area contributed by atoms with Crippen LogP contribution in [0, 0.1) is 0 Å². The van der Waals surface area contributed by atoms with E-state index >= 15 is 0 Å². The Morgan fingerprint density at radius 3 is 2.16 bits per heavy atom. The topological polar surface area (TPSA) is 49.6 Å². The lowest BCUT2D eigenvalue weighted by Gasteiger charge is -2.35. The number of carbonyl (C=O) groups is 1. The summed E-state index contributed by atoms with van der Waals surface area (Å²) in [6.45, 7) is 3.44. The molecule has 1 fully saturated rings. The first-order chi connectivity index (χ1) is 12.0. The highest BCUT2D eigenvalue weighted by Crippen LogP contribution is 2.25. The summed E-state index contributed by atoms with van der Waals surface area (Å²) in [5.74, 6) is -0.184. The number of allylic oxidation sites excluding steroid dienone is 1. The van der Waals surface area contributed by atoms with Gasteiger partial charge < -0.3 is 15.5 Å². The zero-order valence-corrected chi connectivity index (χ0v) is 15.2. The predicted molar refractivity (Wildman–Crippen MR) is 105 cm³/mol. The average Bonchev–Trinajstić information content (AvgIpc) is 2.61. The van der Waals surface area contributed by atoms with Gasteiger partial charge in [-0.3, -0.25) is 4.79 Å². The molecule has 130 valence electrons. The van der Waals surface area contributed by atoms with Crippen LogP contribution in [0.1, 0.15) is 10.4 Å². The molecule has 25 heavy (non-hydrogen) atoms. The SMILES string of the molecule is Nc1ccc(N2CCN(/C=C/C(=O)c3c(Cl)cccc3Cl)CC2)cc1. The normalized spacial score (nSPS) is 15.0. The van der Waals surface area contributed by atoms with Crippen molar-refractivity contribution in [3.63, 3.8) is 0 Å². The zero-order chi connectivity index (χ0) is 17.8. The first kappa shape index (κ1) is 17.6. The van der Waals surface area contributed by atoms with Crippen molar-refractivity contribution in [3.05, 3.63) is 70.3 Å². The Morgan fingerprint density at radius 1 is 0.960 bits per heavy atom. The number of ketones is 1. The Kier molecular flexibility index (Phi) is 5.51. The molecule has 0 bridgehead atoms. The third kappa shape index (κ3) is 4.27. The van der Waals surface area contributed by atoms with E-state index in [4.69, 9.17) is 28.9 Å². The molecule has 3 rings (SSSR count). The standard InChI is InChI=1S/C19H19Cl2N3O/c20-16-2-1-3-17(21)19(16)18(25)8-9-23-10-12-24(13-11-23)15-6-4-14(22)5-7-15/h1-9H,10-13,22H2/b9-8+. The number of carbonyl (C=O) groups excluding carboxylic acids is 1. The molecule has 1 saturated heterocycles. The predicted octanol–water partition coefficient (Wildman–Crippen LogP) is 4.09. The van der Waals surface area contributed by atoms with Crippen LogP contribution in [0.4, 0.5) is 11.4 Å². The number of anilines is 2. The van der Waals surface area contributed by atoms with Crippen molar-refractivity contribution in [3.8, 4) is 0 Å². The number of benzene rings is 2. The van der Waals surface area contributed by atoms with E-state index in [0.29, 0.717) is 15.6 Å². The highest BCUT2D eigenvalue weighted by molar-refractivity contribution is 6.40. The molecule has 0 unspecified atom stereocenters. The quantitative estimate of drug-likeness (QED) is 0.496. The Labute approximate surface area is 157 Å². The van der Waals surface area contributed by atoms with Gasteiger partial charge in [0.1, 0.15) is 0 Å². The van der Waals surface area contributed by atoms with Crippen LogP contribution in [0.15, 0.2) is 54.7 Å². The van der Waals surface area contributed by atoms with E-state index in [1.54, 1.807) is 18.2 Å². The van der Waals surface area contributed by atoms with E-state index in [0.717, 1.165) is 37.6 Å². The number of nitrogens with two attached hydrogens (primary N) is 1. The number of hydrogen-bond acceptors (Lipinski definition) is 4. The van der Waals surface area contributed by atoms with Crippen LogP contribution in [0.5, 0.6) is 0 Å². The van der Waals surface area contributed by atoms with E-state index in [-0.39, 0.29) is 5.78 Å². The zero-order valence-electron chi connectivity index (χ0n) is 13.7. The second kappa shape index (κ2) is 7.81. The van der Waals surface area contributed by atoms with Gasteiger partial charge in [0, 0.05) is 49.8 Å². The molecular formula is C19H19Cl2N3O. The number of hydrogen-bond donors (Lipinski definition) is 1. The molecule has 2 aromatic rings. The van der Waals surface area contributed by atoms with Crippen LogP contribution in [0.2, 0.25) is 10.0 Å². The summed E-state index contributed by atoms with van der Waals surface area (Å²) in [6, 6.07) is 12.9. The molecule has 0 saturated carbocycles. The Hall–Kier alpha value is -2.17. The van der Waals surface area contributed by atoms with Gasteiger partial charge in [-0.2, -0.15) is 0 Å². The highest BCUT2D eigenvalue weighted by atomic mass is 35.5. The van der Waals surface area contributed by atoms with Crippen LogP contribution in [-0.2, 0) is 0 Å². The van der Waals surface area contributed by atoms with Crippen LogP contribution in [-0.4, -0.2) is 36.9 Å². The molecule has 0 amide bonds. The minimum atomic E-state index is -0.184. The smallest absolute Gasteiger partial charge is 0.190 e. The average molecular weight is 376 g/mol. The van der Waals surface area contributed by atoms with Gasteiger partial charge in [0.15, 0.2) is 5.78 Å². The molecule has 1 heterocycles. The van der Waals surface area contributed by atoms with E-state index in [1.807, 2.05) is 30.5 Å². The third-order valence-corrected chi connectivity index (χ3v) is 4.85. The van der Waals surface area contributed by atoms with Gasteiger partial charge in [-0.15, -0.1) is 0 Å². The molecule has 4 nitrogen and oxygen atoms in total. The van der Waals surface area contributed by atoms with Crippen molar-refractivity contribution in [2.75, 3.05) is 36.8 Å². The molecule has 2 N–H and O–H groups in total. The van der Waals surface area contributed by atoms with Gasteiger partial charge in [0.25, 0.3) is 0 Å². The Morgan fingerprint density at radius 2 is 1.56 bits per heavy atom. The largest absolute Gasteiger partial charge is 0.399 e. The fourth-order valence-electron chi connectivity index (χ4n) is 2.80. The summed E-state index contributed by atoms with van der Waals surface area (Å²) < 4.78 is 0. The summed E-state index contributed by atoms with van der Waals surface area (Å²) in [6.07, 6.45) is 3.36. The lowest BCUT2D eigenvalue weighted by atomic mass is 10.1. The highest BCUT2D eigenvalue weighted by Gasteiger charge is 2.16. The second-order valence-electron chi connectivity index (χ2n) is 5.89. The van der Waals surface area contributed by atoms with Gasteiger partial charge in [0.2, 0.25) is 0 Å². The minimum absolute atomic E-state index is 0.184. The van der Waals surface area contributed by atoms with Gasteiger partial charge in [-0.1, -0.05) is 29.3 Å². The maximum atomic E-state index is 12.3. The van der Waals surface area contributed by atoms with Gasteiger partial charge >= 0.3 is 0 Å². The van der Waals surface area contributed by atoms with Crippen LogP contribution in [0.3, 0.4) is 0 Å². The number of nitrogens with zero attached hydrogens (tertiary/aromatic N) is 2. The minimum Gasteiger partial charge on any atom is -0.399 e. The molecule has 0 aromatic heterocycles. The van der Waals surface area contributed by atoms with Crippen molar-refractivity contribution < 1.29 is 4.79 Å². The monoisotopic (exact) mass is 375 g/mol. The van der Waals surface area contributed by atoms with E-state index in [9.17, 15) is 4.79 Å². The molecule has 2 aromatic carbocycles. The number of piperazine rings is 1. The maximum absolute atomic E-state index is 12.3. The van der Waals surface area contributed by atoms with Crippen molar-refractivity contribution >= 4 is 40.4 Å². The number of halogens is 2. The lowest BCUT2D eigenvalue weighted by molar-refractivity contribution is 0.104. The molecule has 0 radical (unpaired) electrons. The van der Waals surface area contributed by atoms with E-state index < -0.39 is 0 Å². The molecule has 1 aliphatic heterocycles. The summed E-state index contributed by atoms with van der Waals surface area (Å²) in [5, 5.41) is 0.741. The van der Waals surface area contributed by atoms with Crippen molar-refractivity contribution in [1.29, 1.82) is 0 Å². The first-order valence-corrected chi connectivity index (χ1v) is 8.81.